The average Bonchev–Trinajstić information content (AvgIpc) is 2.64. The molecule has 0 spiro atoms. The maximum Gasteiger partial charge on any atom is 0.276 e. The Bertz CT molecular complexity index is 1040. The molecule has 0 atom stereocenters. The topological polar surface area (TPSA) is 115 Å². The summed E-state index contributed by atoms with van der Waals surface area (Å²) >= 11 is 0. The molecule has 0 aliphatic heterocycles. The zero-order chi connectivity index (χ0) is 19.6. The monoisotopic (exact) mass is 369 g/mol. The Kier molecular flexibility index (Phi) is 5.13. The van der Waals surface area contributed by atoms with Crippen LogP contribution in [0.4, 0.5) is 5.69 Å². The van der Waals surface area contributed by atoms with Gasteiger partial charge in [-0.15, -0.1) is 0 Å². The van der Waals surface area contributed by atoms with Gasteiger partial charge in [-0.2, -0.15) is 4.73 Å². The van der Waals surface area contributed by atoms with E-state index in [1.807, 2.05) is 19.0 Å². The highest BCUT2D eigenvalue weighted by Crippen LogP contribution is 2.21. The van der Waals surface area contributed by atoms with Crippen LogP contribution in [0.1, 0.15) is 16.8 Å². The molecule has 1 heterocycles. The molecule has 0 radical (unpaired) electrons. The van der Waals surface area contributed by atoms with E-state index in [-0.39, 0.29) is 33.7 Å². The first-order chi connectivity index (χ1) is 12.9. The number of non-ortho nitro benzene ring substituents is 1. The summed E-state index contributed by atoms with van der Waals surface area (Å²) in [7, 11) is 3.91. The Labute approximate surface area is 155 Å². The number of rotatable bonds is 6. The fourth-order valence-electron chi connectivity index (χ4n) is 2.82. The molecule has 140 valence electrons. The van der Waals surface area contributed by atoms with Gasteiger partial charge in [0, 0.05) is 18.7 Å². The first kappa shape index (κ1) is 18.5. The lowest BCUT2D eigenvalue weighted by molar-refractivity contribution is -0.548. The number of para-hydroxylation sites is 1. The lowest BCUT2D eigenvalue weighted by Gasteiger charge is -2.11. The van der Waals surface area contributed by atoms with Crippen LogP contribution in [0.15, 0.2) is 36.4 Å². The van der Waals surface area contributed by atoms with Crippen molar-refractivity contribution in [3.63, 3.8) is 0 Å². The predicted molar refractivity (Wildman–Crippen MR) is 100 cm³/mol. The normalized spacial score (nSPS) is 11.2. The number of benzene rings is 2. The van der Waals surface area contributed by atoms with Gasteiger partial charge in [0.05, 0.1) is 16.6 Å². The molecule has 3 aromatic rings. The smallest absolute Gasteiger partial charge is 0.276 e. The molecule has 9 nitrogen and oxygen atoms in total. The maximum atomic E-state index is 12.7. The first-order valence-corrected chi connectivity index (χ1v) is 8.42. The van der Waals surface area contributed by atoms with Crippen LogP contribution in [0.25, 0.3) is 22.1 Å². The van der Waals surface area contributed by atoms with Gasteiger partial charge in [-0.3, -0.25) is 14.9 Å². The van der Waals surface area contributed by atoms with E-state index in [0.29, 0.717) is 16.8 Å². The fraction of sp³-hybridized carbons (Fsp3) is 0.278. The summed E-state index contributed by atoms with van der Waals surface area (Å²) in [5.74, 6) is -0.312. The molecule has 0 aliphatic carbocycles. The van der Waals surface area contributed by atoms with Crippen LogP contribution in [0, 0.1) is 15.3 Å². The Balaban J connectivity index is 2.00. The fourth-order valence-corrected chi connectivity index (χ4v) is 2.82. The Hall–Kier alpha value is -3.33. The van der Waals surface area contributed by atoms with Gasteiger partial charge < -0.3 is 15.4 Å². The highest BCUT2D eigenvalue weighted by molar-refractivity contribution is 6.05. The van der Waals surface area contributed by atoms with Gasteiger partial charge in [0.25, 0.3) is 11.6 Å². The number of aromatic nitrogens is 2. The van der Waals surface area contributed by atoms with E-state index in [0.717, 1.165) is 13.0 Å². The van der Waals surface area contributed by atoms with Crippen molar-refractivity contribution in [2.24, 2.45) is 0 Å². The van der Waals surface area contributed by atoms with Crippen molar-refractivity contribution in [3.05, 3.63) is 57.3 Å². The SMILES string of the molecule is CN(C)CCCNC(=O)c1cccc2c1nc1ccc([N+](=O)[O-])cc1[n+]2[O-]. The van der Waals surface area contributed by atoms with Gasteiger partial charge in [-0.25, -0.2) is 4.98 Å². The number of nitro benzene ring substituents is 1. The van der Waals surface area contributed by atoms with Crippen LogP contribution in [0.2, 0.25) is 0 Å². The standard InChI is InChI=1S/C18H19N5O4/c1-21(2)10-4-9-19-18(24)13-5-3-6-15-17(13)20-14-8-7-12(23(26)27)11-16(14)22(15)25/h3,5-8,11H,4,9-10H2,1-2H3,(H,19,24). The number of nitrogens with one attached hydrogen (secondary N) is 1. The van der Waals surface area contributed by atoms with Crippen molar-refractivity contribution in [3.8, 4) is 0 Å². The van der Waals surface area contributed by atoms with Gasteiger partial charge in [-0.05, 0) is 39.2 Å². The highest BCUT2D eigenvalue weighted by atomic mass is 16.6. The quantitative estimate of drug-likeness (QED) is 0.176. The lowest BCUT2D eigenvalue weighted by Crippen LogP contribution is -2.31. The van der Waals surface area contributed by atoms with E-state index in [2.05, 4.69) is 10.3 Å². The largest absolute Gasteiger partial charge is 0.618 e. The molecule has 1 amide bonds. The number of fused-ring (bicyclic) bond motifs is 2. The third kappa shape index (κ3) is 3.77. The van der Waals surface area contributed by atoms with E-state index in [4.69, 9.17) is 0 Å². The second kappa shape index (κ2) is 7.50. The molecular weight excluding hydrogens is 350 g/mol. The molecule has 0 saturated heterocycles. The molecule has 27 heavy (non-hydrogen) atoms. The molecule has 1 aromatic heterocycles. The van der Waals surface area contributed by atoms with Crippen LogP contribution in [-0.2, 0) is 0 Å². The summed E-state index contributed by atoms with van der Waals surface area (Å²) in [6.07, 6.45) is 0.797. The Morgan fingerprint density at radius 2 is 2.04 bits per heavy atom. The molecule has 0 fully saturated rings. The van der Waals surface area contributed by atoms with Crippen LogP contribution in [0.5, 0.6) is 0 Å². The predicted octanol–water partition coefficient (Wildman–Crippen LogP) is 1.61. The molecule has 0 aliphatic rings. The third-order valence-corrected chi connectivity index (χ3v) is 4.17. The van der Waals surface area contributed by atoms with Crippen molar-refractivity contribution >= 4 is 33.7 Å². The van der Waals surface area contributed by atoms with Gasteiger partial charge >= 0.3 is 0 Å². The number of nitrogens with zero attached hydrogens (tertiary/aromatic N) is 4. The molecule has 3 rings (SSSR count). The molecule has 2 aromatic carbocycles. The minimum atomic E-state index is -0.568. The molecular formula is C18H19N5O4. The van der Waals surface area contributed by atoms with Crippen LogP contribution in [0.3, 0.4) is 0 Å². The number of carbonyl (C=O) groups is 1. The summed E-state index contributed by atoms with van der Waals surface area (Å²) in [5, 5.41) is 26.5. The highest BCUT2D eigenvalue weighted by Gasteiger charge is 2.20. The minimum Gasteiger partial charge on any atom is -0.618 e. The Morgan fingerprint density at radius 3 is 2.74 bits per heavy atom. The van der Waals surface area contributed by atoms with Gasteiger partial charge in [0.2, 0.25) is 11.0 Å². The van der Waals surface area contributed by atoms with E-state index < -0.39 is 4.92 Å². The summed E-state index contributed by atoms with van der Waals surface area (Å²) in [5.41, 5.74) is 0.921. The Morgan fingerprint density at radius 1 is 1.26 bits per heavy atom. The number of amides is 1. The van der Waals surface area contributed by atoms with Gasteiger partial charge in [0.1, 0.15) is 11.0 Å². The summed E-state index contributed by atoms with van der Waals surface area (Å²) in [6.45, 7) is 1.35. The van der Waals surface area contributed by atoms with Gasteiger partial charge in [-0.1, -0.05) is 6.07 Å². The molecule has 0 saturated carbocycles. The minimum absolute atomic E-state index is 0.0836. The van der Waals surface area contributed by atoms with Crippen molar-refractivity contribution in [2.45, 2.75) is 6.42 Å². The zero-order valence-electron chi connectivity index (χ0n) is 15.0. The maximum absolute atomic E-state index is 12.7. The second-order valence-corrected chi connectivity index (χ2v) is 6.42. The summed E-state index contributed by atoms with van der Waals surface area (Å²) in [6, 6.07) is 8.61. The van der Waals surface area contributed by atoms with Crippen molar-refractivity contribution < 1.29 is 14.4 Å². The second-order valence-electron chi connectivity index (χ2n) is 6.42. The third-order valence-electron chi connectivity index (χ3n) is 4.17. The van der Waals surface area contributed by atoms with Crippen LogP contribution in [-0.4, -0.2) is 47.9 Å². The molecule has 0 unspecified atom stereocenters. The molecule has 1 N–H and O–H groups in total. The van der Waals surface area contributed by atoms with E-state index in [1.54, 1.807) is 12.1 Å². The lowest BCUT2D eigenvalue weighted by atomic mass is 10.1. The first-order valence-electron chi connectivity index (χ1n) is 8.42. The van der Waals surface area contributed by atoms with Crippen molar-refractivity contribution in [1.29, 1.82) is 0 Å². The number of carbonyl (C=O) groups excluding carboxylic acids is 1. The van der Waals surface area contributed by atoms with E-state index in [9.17, 15) is 20.1 Å². The van der Waals surface area contributed by atoms with Crippen LogP contribution < -0.4 is 10.0 Å². The summed E-state index contributed by atoms with van der Waals surface area (Å²) < 4.78 is 0.577. The molecule has 0 bridgehead atoms. The number of hydrogen-bond acceptors (Lipinski definition) is 6. The average molecular weight is 369 g/mol. The number of hydrogen-bond donors (Lipinski definition) is 1. The summed E-state index contributed by atoms with van der Waals surface area (Å²) in [4.78, 5) is 29.3. The van der Waals surface area contributed by atoms with Crippen molar-refractivity contribution in [1.82, 2.24) is 15.2 Å². The van der Waals surface area contributed by atoms with Crippen LogP contribution >= 0.6 is 0 Å². The number of nitro groups is 1. The van der Waals surface area contributed by atoms with Crippen molar-refractivity contribution in [2.75, 3.05) is 27.2 Å². The van der Waals surface area contributed by atoms with E-state index >= 15 is 0 Å². The van der Waals surface area contributed by atoms with Gasteiger partial charge in [0.15, 0.2) is 0 Å². The molecule has 9 heteroatoms. The van der Waals surface area contributed by atoms with E-state index in [1.165, 1.54) is 24.3 Å². The zero-order valence-corrected chi connectivity index (χ0v) is 15.0.